The highest BCUT2D eigenvalue weighted by molar-refractivity contribution is 9.10. The second kappa shape index (κ2) is 9.79. The Bertz CT molecular complexity index is 438. The zero-order chi connectivity index (χ0) is 15.7. The zero-order valence-electron chi connectivity index (χ0n) is 12.8. The fourth-order valence-electron chi connectivity index (χ4n) is 2.06. The molecule has 0 saturated carbocycles. The van der Waals surface area contributed by atoms with Crippen LogP contribution >= 0.6 is 15.9 Å². The van der Waals surface area contributed by atoms with E-state index < -0.39 is 0 Å². The van der Waals surface area contributed by atoms with Crippen molar-refractivity contribution in [2.45, 2.75) is 39.2 Å². The largest absolute Gasteiger partial charge is 0.492 e. The molecule has 0 saturated heterocycles. The standard InChI is InChI=1S/C16H25BrN2O2/c1-12(2)10-13(11-18)19-16(20)8-5-9-21-15-7-4-3-6-14(15)17/h3-4,6-7,12-13H,5,8-11,18H2,1-2H3,(H,19,20). The van der Waals surface area contributed by atoms with E-state index in [0.717, 1.165) is 16.6 Å². The number of amides is 1. The van der Waals surface area contributed by atoms with Crippen LogP contribution < -0.4 is 15.8 Å². The average Bonchev–Trinajstić information content (AvgIpc) is 2.44. The van der Waals surface area contributed by atoms with Gasteiger partial charge in [0.1, 0.15) is 5.75 Å². The predicted molar refractivity (Wildman–Crippen MR) is 89.3 cm³/mol. The van der Waals surface area contributed by atoms with Crippen LogP contribution in [0, 0.1) is 5.92 Å². The first-order chi connectivity index (χ1) is 10.0. The molecule has 0 aliphatic rings. The molecule has 0 fully saturated rings. The molecule has 1 aromatic rings. The number of carbonyl (C=O) groups excluding carboxylic acids is 1. The minimum Gasteiger partial charge on any atom is -0.492 e. The first-order valence-electron chi connectivity index (χ1n) is 7.39. The van der Waals surface area contributed by atoms with Crippen LogP contribution in [0.25, 0.3) is 0 Å². The fraction of sp³-hybridized carbons (Fsp3) is 0.562. The highest BCUT2D eigenvalue weighted by Gasteiger charge is 2.12. The van der Waals surface area contributed by atoms with Crippen LogP contribution in [0.4, 0.5) is 0 Å². The molecule has 0 aromatic heterocycles. The molecule has 1 atom stereocenters. The summed E-state index contributed by atoms with van der Waals surface area (Å²) in [5, 5.41) is 2.98. The van der Waals surface area contributed by atoms with Gasteiger partial charge in [0.15, 0.2) is 0 Å². The SMILES string of the molecule is CC(C)CC(CN)NC(=O)CCCOc1ccccc1Br. The lowest BCUT2D eigenvalue weighted by Gasteiger charge is -2.18. The van der Waals surface area contributed by atoms with E-state index in [0.29, 0.717) is 31.9 Å². The Morgan fingerprint density at radius 2 is 2.10 bits per heavy atom. The van der Waals surface area contributed by atoms with Crippen molar-refractivity contribution in [3.63, 3.8) is 0 Å². The third kappa shape index (κ3) is 7.48. The molecular formula is C16H25BrN2O2. The average molecular weight is 357 g/mol. The molecule has 1 rings (SSSR count). The molecule has 0 aliphatic carbocycles. The van der Waals surface area contributed by atoms with Gasteiger partial charge in [-0.1, -0.05) is 26.0 Å². The van der Waals surface area contributed by atoms with E-state index in [2.05, 4.69) is 35.1 Å². The van der Waals surface area contributed by atoms with Crippen LogP contribution in [0.2, 0.25) is 0 Å². The van der Waals surface area contributed by atoms with E-state index in [9.17, 15) is 4.79 Å². The van der Waals surface area contributed by atoms with Crippen LogP contribution in [0.3, 0.4) is 0 Å². The summed E-state index contributed by atoms with van der Waals surface area (Å²) in [5.41, 5.74) is 5.67. The molecule has 0 radical (unpaired) electrons. The maximum atomic E-state index is 11.8. The van der Waals surface area contributed by atoms with Crippen molar-refractivity contribution in [2.24, 2.45) is 11.7 Å². The third-order valence-corrected chi connectivity index (χ3v) is 3.70. The highest BCUT2D eigenvalue weighted by Crippen LogP contribution is 2.23. The summed E-state index contributed by atoms with van der Waals surface area (Å²) < 4.78 is 6.56. The molecule has 0 bridgehead atoms. The van der Waals surface area contributed by atoms with Crippen molar-refractivity contribution in [1.82, 2.24) is 5.32 Å². The van der Waals surface area contributed by atoms with E-state index in [1.165, 1.54) is 0 Å². The van der Waals surface area contributed by atoms with Gasteiger partial charge in [0.25, 0.3) is 0 Å². The van der Waals surface area contributed by atoms with Crippen LogP contribution in [0.5, 0.6) is 5.75 Å². The topological polar surface area (TPSA) is 64.3 Å². The summed E-state index contributed by atoms with van der Waals surface area (Å²) >= 11 is 3.42. The Labute approximate surface area is 135 Å². The van der Waals surface area contributed by atoms with Crippen LogP contribution in [0.1, 0.15) is 33.1 Å². The van der Waals surface area contributed by atoms with E-state index in [4.69, 9.17) is 10.5 Å². The minimum atomic E-state index is 0.0434. The van der Waals surface area contributed by atoms with Crippen LogP contribution in [0.15, 0.2) is 28.7 Å². The number of para-hydroxylation sites is 1. The number of halogens is 1. The molecule has 3 N–H and O–H groups in total. The molecule has 118 valence electrons. The van der Waals surface area contributed by atoms with Crippen LogP contribution in [-0.2, 0) is 4.79 Å². The monoisotopic (exact) mass is 356 g/mol. The summed E-state index contributed by atoms with van der Waals surface area (Å²) in [6.07, 6.45) is 2.06. The molecule has 21 heavy (non-hydrogen) atoms. The van der Waals surface area contributed by atoms with E-state index in [-0.39, 0.29) is 11.9 Å². The maximum Gasteiger partial charge on any atom is 0.220 e. The number of benzene rings is 1. The van der Waals surface area contributed by atoms with Gasteiger partial charge in [0, 0.05) is 19.0 Å². The summed E-state index contributed by atoms with van der Waals surface area (Å²) in [6.45, 7) is 5.26. The lowest BCUT2D eigenvalue weighted by Crippen LogP contribution is -2.41. The Kier molecular flexibility index (Phi) is 8.38. The predicted octanol–water partition coefficient (Wildman–Crippen LogP) is 3.10. The summed E-state index contributed by atoms with van der Waals surface area (Å²) in [7, 11) is 0. The van der Waals surface area contributed by atoms with E-state index in [1.54, 1.807) is 0 Å². The zero-order valence-corrected chi connectivity index (χ0v) is 14.4. The number of ether oxygens (including phenoxy) is 1. The van der Waals surface area contributed by atoms with Gasteiger partial charge in [-0.15, -0.1) is 0 Å². The normalized spacial score (nSPS) is 12.2. The van der Waals surface area contributed by atoms with Gasteiger partial charge >= 0.3 is 0 Å². The molecule has 0 heterocycles. The number of nitrogens with two attached hydrogens (primary N) is 1. The van der Waals surface area contributed by atoms with Crippen molar-refractivity contribution in [1.29, 1.82) is 0 Å². The molecule has 1 aromatic carbocycles. The van der Waals surface area contributed by atoms with E-state index >= 15 is 0 Å². The Morgan fingerprint density at radius 3 is 2.71 bits per heavy atom. The third-order valence-electron chi connectivity index (χ3n) is 3.05. The van der Waals surface area contributed by atoms with Gasteiger partial charge in [0.05, 0.1) is 11.1 Å². The van der Waals surface area contributed by atoms with Crippen LogP contribution in [-0.4, -0.2) is 25.1 Å². The molecule has 0 spiro atoms. The molecular weight excluding hydrogens is 332 g/mol. The quantitative estimate of drug-likeness (QED) is 0.668. The maximum absolute atomic E-state index is 11.8. The van der Waals surface area contributed by atoms with Gasteiger partial charge in [-0.2, -0.15) is 0 Å². The Balaban J connectivity index is 2.23. The Hall–Kier alpha value is -1.07. The first kappa shape index (κ1) is 18.0. The molecule has 1 amide bonds. The molecule has 1 unspecified atom stereocenters. The lowest BCUT2D eigenvalue weighted by molar-refractivity contribution is -0.122. The number of rotatable bonds is 9. The number of hydrogen-bond donors (Lipinski definition) is 2. The summed E-state index contributed by atoms with van der Waals surface area (Å²) in [5.74, 6) is 1.37. The Morgan fingerprint density at radius 1 is 1.38 bits per heavy atom. The van der Waals surface area contributed by atoms with Crippen molar-refractivity contribution in [3.8, 4) is 5.75 Å². The number of carbonyl (C=O) groups is 1. The van der Waals surface area contributed by atoms with Gasteiger partial charge in [-0.3, -0.25) is 4.79 Å². The number of nitrogens with one attached hydrogen (secondary N) is 1. The van der Waals surface area contributed by atoms with Crippen molar-refractivity contribution < 1.29 is 9.53 Å². The van der Waals surface area contributed by atoms with Gasteiger partial charge in [0.2, 0.25) is 5.91 Å². The van der Waals surface area contributed by atoms with E-state index in [1.807, 2.05) is 24.3 Å². The van der Waals surface area contributed by atoms with Crippen molar-refractivity contribution in [3.05, 3.63) is 28.7 Å². The lowest BCUT2D eigenvalue weighted by atomic mass is 10.0. The number of hydrogen-bond acceptors (Lipinski definition) is 3. The second-order valence-electron chi connectivity index (χ2n) is 5.51. The second-order valence-corrected chi connectivity index (χ2v) is 6.37. The van der Waals surface area contributed by atoms with Gasteiger partial charge in [-0.25, -0.2) is 0 Å². The molecule has 4 nitrogen and oxygen atoms in total. The highest BCUT2D eigenvalue weighted by atomic mass is 79.9. The van der Waals surface area contributed by atoms with Crippen molar-refractivity contribution >= 4 is 21.8 Å². The summed E-state index contributed by atoms with van der Waals surface area (Å²) in [4.78, 5) is 11.8. The smallest absolute Gasteiger partial charge is 0.220 e. The summed E-state index contributed by atoms with van der Waals surface area (Å²) in [6, 6.07) is 7.76. The molecule has 5 heteroatoms. The van der Waals surface area contributed by atoms with Gasteiger partial charge in [-0.05, 0) is 46.8 Å². The first-order valence-corrected chi connectivity index (χ1v) is 8.19. The molecule has 0 aliphatic heterocycles. The van der Waals surface area contributed by atoms with Gasteiger partial charge < -0.3 is 15.8 Å². The van der Waals surface area contributed by atoms with Crippen molar-refractivity contribution in [2.75, 3.05) is 13.2 Å². The fourth-order valence-corrected chi connectivity index (χ4v) is 2.46. The minimum absolute atomic E-state index is 0.0434.